The van der Waals surface area contributed by atoms with Gasteiger partial charge in [-0.25, -0.2) is 0 Å². The van der Waals surface area contributed by atoms with Crippen LogP contribution in [0.25, 0.3) is 11.3 Å². The monoisotopic (exact) mass is 487 g/mol. The fraction of sp³-hybridized carbons (Fsp3) is 0.483. The number of amides is 1. The Morgan fingerprint density at radius 1 is 1.17 bits per heavy atom. The first-order valence-corrected chi connectivity index (χ1v) is 13.0. The summed E-state index contributed by atoms with van der Waals surface area (Å²) in [6.07, 6.45) is 5.60. The molecular weight excluding hydrogens is 450 g/mol. The van der Waals surface area contributed by atoms with Crippen LogP contribution in [0.3, 0.4) is 0 Å². The van der Waals surface area contributed by atoms with Gasteiger partial charge in [0.15, 0.2) is 0 Å². The number of nitrogens with zero attached hydrogens (tertiary/aromatic N) is 3. The first-order chi connectivity index (χ1) is 17.2. The van der Waals surface area contributed by atoms with E-state index in [9.17, 15) is 9.90 Å². The molecule has 3 aromatic rings. The van der Waals surface area contributed by atoms with Gasteiger partial charge in [0, 0.05) is 73.7 Å². The summed E-state index contributed by atoms with van der Waals surface area (Å²) in [5, 5.41) is 23.5. The number of nitrogens with one attached hydrogen (secondary N) is 2. The van der Waals surface area contributed by atoms with E-state index in [0.29, 0.717) is 12.5 Å². The van der Waals surface area contributed by atoms with E-state index in [-0.39, 0.29) is 17.2 Å². The Balaban J connectivity index is 1.48. The predicted octanol–water partition coefficient (Wildman–Crippen LogP) is 4.17. The third-order valence-electron chi connectivity index (χ3n) is 8.25. The molecule has 0 spiro atoms. The molecule has 3 N–H and O–H groups in total. The van der Waals surface area contributed by atoms with E-state index in [2.05, 4.69) is 71.6 Å². The number of aliphatic hydroxyl groups is 1. The molecule has 2 aliphatic heterocycles. The maximum absolute atomic E-state index is 12.4. The van der Waals surface area contributed by atoms with Crippen LogP contribution in [0.4, 0.5) is 0 Å². The highest BCUT2D eigenvalue weighted by Crippen LogP contribution is 2.48. The molecule has 2 fully saturated rings. The minimum Gasteiger partial charge on any atom is -0.380 e. The molecule has 190 valence electrons. The lowest BCUT2D eigenvalue weighted by atomic mass is 9.63. The number of likely N-dealkylation sites (tertiary alicyclic amines) is 1. The SMILES string of the molecule is CC(=O)N1CCC[C@@H](c2cc(-c3cncc([C@@](O)(c4ccc(C(C)C)cc4)C4(C)CNC4)c3)n[nH]2)C1. The number of pyridine rings is 1. The third kappa shape index (κ3) is 4.24. The van der Waals surface area contributed by atoms with Crippen molar-refractivity contribution < 1.29 is 9.90 Å². The minimum absolute atomic E-state index is 0.121. The van der Waals surface area contributed by atoms with Crippen molar-refractivity contribution in [1.82, 2.24) is 25.4 Å². The molecule has 5 rings (SSSR count). The van der Waals surface area contributed by atoms with Crippen LogP contribution >= 0.6 is 0 Å². The van der Waals surface area contributed by atoms with Gasteiger partial charge in [-0.15, -0.1) is 0 Å². The normalized spacial score (nSPS) is 21.2. The standard InChI is InChI=1S/C29H37N5O2/c1-19(2)21-7-9-24(10-8-21)29(36,28(4)17-31-18-28)25-12-23(14-30-15-25)27-13-26(32-33-27)22-6-5-11-34(16-22)20(3)35/h7-10,12-15,19,22,31,36H,5-6,11,16-18H2,1-4H3,(H,32,33)/t22-,29+/m1/s1. The van der Waals surface area contributed by atoms with Crippen molar-refractivity contribution in [3.05, 3.63) is 71.2 Å². The number of hydrogen-bond acceptors (Lipinski definition) is 5. The van der Waals surface area contributed by atoms with E-state index in [4.69, 9.17) is 0 Å². The van der Waals surface area contributed by atoms with Gasteiger partial charge in [-0.05, 0) is 42.0 Å². The van der Waals surface area contributed by atoms with Crippen LogP contribution in [0, 0.1) is 5.41 Å². The van der Waals surface area contributed by atoms with E-state index in [0.717, 1.165) is 60.6 Å². The highest BCUT2D eigenvalue weighted by Gasteiger charge is 2.53. The Hall–Kier alpha value is -3.03. The van der Waals surface area contributed by atoms with Crippen LogP contribution in [-0.4, -0.2) is 57.3 Å². The number of hydrogen-bond donors (Lipinski definition) is 3. The van der Waals surface area contributed by atoms with Gasteiger partial charge in [-0.2, -0.15) is 5.10 Å². The van der Waals surface area contributed by atoms with Crippen LogP contribution in [0.15, 0.2) is 48.8 Å². The van der Waals surface area contributed by atoms with E-state index in [1.165, 1.54) is 5.56 Å². The quantitative estimate of drug-likeness (QED) is 0.485. The highest BCUT2D eigenvalue weighted by atomic mass is 16.3. The number of piperidine rings is 1. The van der Waals surface area contributed by atoms with Crippen LogP contribution < -0.4 is 5.32 Å². The predicted molar refractivity (Wildman–Crippen MR) is 141 cm³/mol. The second-order valence-corrected chi connectivity index (χ2v) is 11.1. The van der Waals surface area contributed by atoms with Gasteiger partial charge in [-0.1, -0.05) is 45.0 Å². The molecular formula is C29H37N5O2. The Morgan fingerprint density at radius 2 is 1.92 bits per heavy atom. The molecule has 0 saturated carbocycles. The average molecular weight is 488 g/mol. The summed E-state index contributed by atoms with van der Waals surface area (Å²) < 4.78 is 0. The number of benzene rings is 1. The molecule has 0 bridgehead atoms. The zero-order chi connectivity index (χ0) is 25.5. The number of rotatable bonds is 6. The summed E-state index contributed by atoms with van der Waals surface area (Å²) >= 11 is 0. The molecule has 0 aliphatic carbocycles. The number of carbonyl (C=O) groups excluding carboxylic acids is 1. The van der Waals surface area contributed by atoms with Gasteiger partial charge < -0.3 is 15.3 Å². The summed E-state index contributed by atoms with van der Waals surface area (Å²) in [5.74, 6) is 0.797. The van der Waals surface area contributed by atoms with E-state index in [1.54, 1.807) is 19.3 Å². The zero-order valence-corrected chi connectivity index (χ0v) is 21.7. The number of H-pyrrole nitrogens is 1. The largest absolute Gasteiger partial charge is 0.380 e. The number of aromatic amines is 1. The smallest absolute Gasteiger partial charge is 0.219 e. The van der Waals surface area contributed by atoms with Crippen LogP contribution in [0.1, 0.15) is 74.8 Å². The van der Waals surface area contributed by atoms with Crippen LogP contribution in [0.2, 0.25) is 0 Å². The van der Waals surface area contributed by atoms with Gasteiger partial charge >= 0.3 is 0 Å². The molecule has 4 heterocycles. The van der Waals surface area contributed by atoms with Crippen LogP contribution in [-0.2, 0) is 10.4 Å². The average Bonchev–Trinajstić information content (AvgIpc) is 3.37. The molecule has 0 radical (unpaired) electrons. The van der Waals surface area contributed by atoms with Gasteiger partial charge in [-0.3, -0.25) is 14.9 Å². The Morgan fingerprint density at radius 3 is 2.56 bits per heavy atom. The second-order valence-electron chi connectivity index (χ2n) is 11.1. The fourth-order valence-electron chi connectivity index (χ4n) is 5.72. The second kappa shape index (κ2) is 9.45. The molecule has 2 saturated heterocycles. The minimum atomic E-state index is -1.19. The first-order valence-electron chi connectivity index (χ1n) is 13.0. The van der Waals surface area contributed by atoms with Crippen molar-refractivity contribution in [3.8, 4) is 11.3 Å². The summed E-state index contributed by atoms with van der Waals surface area (Å²) in [7, 11) is 0. The highest BCUT2D eigenvalue weighted by molar-refractivity contribution is 5.73. The fourth-order valence-corrected chi connectivity index (χ4v) is 5.72. The lowest BCUT2D eigenvalue weighted by molar-refractivity contribution is -0.130. The lowest BCUT2D eigenvalue weighted by Gasteiger charge is -2.52. The molecule has 7 heteroatoms. The third-order valence-corrected chi connectivity index (χ3v) is 8.25. The molecule has 1 aromatic carbocycles. The maximum Gasteiger partial charge on any atom is 0.219 e. The molecule has 2 aromatic heterocycles. The Bertz CT molecular complexity index is 1230. The van der Waals surface area contributed by atoms with Gasteiger partial charge in [0.05, 0.1) is 5.69 Å². The van der Waals surface area contributed by atoms with Crippen molar-refractivity contribution in [1.29, 1.82) is 0 Å². The first kappa shape index (κ1) is 24.7. The molecule has 36 heavy (non-hydrogen) atoms. The summed E-state index contributed by atoms with van der Waals surface area (Å²) in [4.78, 5) is 18.3. The molecule has 1 amide bonds. The topological polar surface area (TPSA) is 94.1 Å². The van der Waals surface area contributed by atoms with Crippen molar-refractivity contribution in [3.63, 3.8) is 0 Å². The molecule has 2 aliphatic rings. The number of aromatic nitrogens is 3. The zero-order valence-electron chi connectivity index (χ0n) is 21.7. The van der Waals surface area contributed by atoms with Gasteiger partial charge in [0.25, 0.3) is 0 Å². The Kier molecular flexibility index (Phi) is 6.47. The lowest BCUT2D eigenvalue weighted by Crippen LogP contribution is -2.63. The molecule has 0 unspecified atom stereocenters. The van der Waals surface area contributed by atoms with Crippen LogP contribution in [0.5, 0.6) is 0 Å². The van der Waals surface area contributed by atoms with Crippen molar-refractivity contribution in [2.75, 3.05) is 26.2 Å². The van der Waals surface area contributed by atoms with Crippen molar-refractivity contribution in [2.24, 2.45) is 5.41 Å². The summed E-state index contributed by atoms with van der Waals surface area (Å²) in [6.45, 7) is 11.1. The van der Waals surface area contributed by atoms with E-state index < -0.39 is 5.60 Å². The van der Waals surface area contributed by atoms with Crippen molar-refractivity contribution in [2.45, 2.75) is 58.0 Å². The molecule has 7 nitrogen and oxygen atoms in total. The van der Waals surface area contributed by atoms with Gasteiger partial charge in [0.1, 0.15) is 5.60 Å². The van der Waals surface area contributed by atoms with E-state index >= 15 is 0 Å². The number of carbonyl (C=O) groups is 1. The molecule has 2 atom stereocenters. The summed E-state index contributed by atoms with van der Waals surface area (Å²) in [6, 6.07) is 12.4. The van der Waals surface area contributed by atoms with Gasteiger partial charge in [0.2, 0.25) is 5.91 Å². The Labute approximate surface area is 213 Å². The van der Waals surface area contributed by atoms with Crippen molar-refractivity contribution >= 4 is 5.91 Å². The van der Waals surface area contributed by atoms with E-state index in [1.807, 2.05) is 11.0 Å². The summed E-state index contributed by atoms with van der Waals surface area (Å²) in [5.41, 5.74) is 4.05. The maximum atomic E-state index is 12.4.